The summed E-state index contributed by atoms with van der Waals surface area (Å²) >= 11 is 7.10. The van der Waals surface area contributed by atoms with E-state index in [1.807, 2.05) is 24.4 Å². The van der Waals surface area contributed by atoms with Crippen LogP contribution in [0.3, 0.4) is 0 Å². The van der Waals surface area contributed by atoms with Gasteiger partial charge in [-0.05, 0) is 31.5 Å². The van der Waals surface area contributed by atoms with Crippen LogP contribution in [0.1, 0.15) is 12.5 Å². The summed E-state index contributed by atoms with van der Waals surface area (Å²) in [5, 5.41) is 9.71. The van der Waals surface area contributed by atoms with Gasteiger partial charge in [0.2, 0.25) is 5.91 Å². The molecule has 5 nitrogen and oxygen atoms in total. The zero-order chi connectivity index (χ0) is 17.9. The van der Waals surface area contributed by atoms with Crippen LogP contribution in [0.5, 0.6) is 0 Å². The highest BCUT2D eigenvalue weighted by Crippen LogP contribution is 2.26. The molecule has 0 aliphatic carbocycles. The van der Waals surface area contributed by atoms with Crippen molar-refractivity contribution in [2.24, 2.45) is 0 Å². The summed E-state index contributed by atoms with van der Waals surface area (Å²) in [6.45, 7) is 2.00. The van der Waals surface area contributed by atoms with E-state index >= 15 is 0 Å². The molecule has 0 saturated carbocycles. The van der Waals surface area contributed by atoms with Crippen LogP contribution in [0, 0.1) is 6.92 Å². The average molecular weight is 379 g/mol. The monoisotopic (exact) mass is 378 g/mol. The Balaban J connectivity index is 2.10. The molecular formula is C14H14ClF3N4OS. The van der Waals surface area contributed by atoms with Gasteiger partial charge in [0.05, 0.1) is 10.9 Å². The highest BCUT2D eigenvalue weighted by atomic mass is 35.5. The van der Waals surface area contributed by atoms with E-state index in [4.69, 9.17) is 11.6 Å². The highest BCUT2D eigenvalue weighted by Gasteiger charge is 2.29. The molecule has 1 aromatic heterocycles. The normalized spacial score (nSPS) is 12.9. The van der Waals surface area contributed by atoms with Gasteiger partial charge in [-0.3, -0.25) is 9.36 Å². The van der Waals surface area contributed by atoms with Crippen LogP contribution in [0.15, 0.2) is 29.7 Å². The summed E-state index contributed by atoms with van der Waals surface area (Å²) in [7, 11) is 0. The van der Waals surface area contributed by atoms with Crippen molar-refractivity contribution in [3.63, 3.8) is 0 Å². The zero-order valence-electron chi connectivity index (χ0n) is 12.8. The molecule has 1 N–H and O–H groups in total. The largest absolute Gasteiger partial charge is 0.405 e. The number of thioether (sulfide) groups is 1. The van der Waals surface area contributed by atoms with Crippen LogP contribution in [-0.2, 0) is 4.79 Å². The number of benzene rings is 1. The molecule has 0 saturated heterocycles. The summed E-state index contributed by atoms with van der Waals surface area (Å²) in [6, 6.07) is 5.35. The maximum absolute atomic E-state index is 12.2. The van der Waals surface area contributed by atoms with Crippen molar-refractivity contribution in [3.8, 4) is 5.69 Å². The Morgan fingerprint density at radius 3 is 2.79 bits per heavy atom. The minimum absolute atomic E-state index is 0.379. The van der Waals surface area contributed by atoms with Crippen LogP contribution in [0.4, 0.5) is 13.2 Å². The molecular weight excluding hydrogens is 365 g/mol. The standard InChI is InChI=1S/C14H14ClF3N4OS/c1-8-3-4-10(5-11(8)15)22-7-20-21-13(22)24-9(2)12(23)19-6-14(16,17)18/h3-5,7,9H,6H2,1-2H3,(H,19,23). The number of hydrogen-bond acceptors (Lipinski definition) is 4. The summed E-state index contributed by atoms with van der Waals surface area (Å²) < 4.78 is 38.1. The second-order valence-corrected chi connectivity index (χ2v) is 6.73. The minimum atomic E-state index is -4.45. The zero-order valence-corrected chi connectivity index (χ0v) is 14.3. The van der Waals surface area contributed by atoms with E-state index < -0.39 is 23.9 Å². The van der Waals surface area contributed by atoms with E-state index in [2.05, 4.69) is 10.2 Å². The molecule has 130 valence electrons. The molecule has 1 amide bonds. The molecule has 1 atom stereocenters. The van der Waals surface area contributed by atoms with Gasteiger partial charge in [-0.25, -0.2) is 0 Å². The number of halogens is 4. The van der Waals surface area contributed by atoms with Gasteiger partial charge in [0.1, 0.15) is 12.9 Å². The molecule has 0 aliphatic heterocycles. The smallest absolute Gasteiger partial charge is 0.346 e. The van der Waals surface area contributed by atoms with Gasteiger partial charge >= 0.3 is 6.18 Å². The van der Waals surface area contributed by atoms with Crippen molar-refractivity contribution in [1.29, 1.82) is 0 Å². The topological polar surface area (TPSA) is 59.8 Å². The summed E-state index contributed by atoms with van der Waals surface area (Å²) in [5.41, 5.74) is 1.60. The van der Waals surface area contributed by atoms with Crippen molar-refractivity contribution in [3.05, 3.63) is 35.1 Å². The van der Waals surface area contributed by atoms with Gasteiger partial charge in [-0.1, -0.05) is 29.4 Å². The van der Waals surface area contributed by atoms with Gasteiger partial charge in [0.15, 0.2) is 5.16 Å². The van der Waals surface area contributed by atoms with Crippen LogP contribution in [0.25, 0.3) is 5.69 Å². The van der Waals surface area contributed by atoms with Crippen LogP contribution in [-0.4, -0.2) is 38.6 Å². The number of alkyl halides is 3. The third-order valence-electron chi connectivity index (χ3n) is 3.06. The van der Waals surface area contributed by atoms with Crippen LogP contribution in [0.2, 0.25) is 5.02 Å². The fourth-order valence-corrected chi connectivity index (χ4v) is 2.80. The number of amides is 1. The van der Waals surface area contributed by atoms with Crippen molar-refractivity contribution in [2.45, 2.75) is 30.4 Å². The lowest BCUT2D eigenvalue weighted by Gasteiger charge is -2.13. The third kappa shape index (κ3) is 4.88. The first-order valence-electron chi connectivity index (χ1n) is 6.85. The fourth-order valence-electron chi connectivity index (χ4n) is 1.76. The van der Waals surface area contributed by atoms with E-state index in [0.29, 0.717) is 15.9 Å². The SMILES string of the molecule is Cc1ccc(-n2cnnc2SC(C)C(=O)NCC(F)(F)F)cc1Cl. The number of nitrogens with one attached hydrogen (secondary N) is 1. The molecule has 0 spiro atoms. The molecule has 1 heterocycles. The number of carbonyl (C=O) groups excluding carboxylic acids is 1. The minimum Gasteiger partial charge on any atom is -0.346 e. The summed E-state index contributed by atoms with van der Waals surface area (Å²) in [5.74, 6) is -0.728. The second-order valence-electron chi connectivity index (χ2n) is 5.01. The average Bonchev–Trinajstić information content (AvgIpc) is 2.95. The number of aryl methyl sites for hydroxylation is 1. The fraction of sp³-hybridized carbons (Fsp3) is 0.357. The second kappa shape index (κ2) is 7.43. The van der Waals surface area contributed by atoms with Crippen LogP contribution < -0.4 is 5.32 Å². The number of nitrogens with zero attached hydrogens (tertiary/aromatic N) is 3. The Morgan fingerprint density at radius 1 is 1.46 bits per heavy atom. The van der Waals surface area contributed by atoms with Gasteiger partial charge < -0.3 is 5.32 Å². The lowest BCUT2D eigenvalue weighted by atomic mass is 10.2. The van der Waals surface area contributed by atoms with Crippen molar-refractivity contribution in [2.75, 3.05) is 6.54 Å². The molecule has 24 heavy (non-hydrogen) atoms. The molecule has 1 unspecified atom stereocenters. The van der Waals surface area contributed by atoms with Gasteiger partial charge in [-0.2, -0.15) is 13.2 Å². The number of hydrogen-bond donors (Lipinski definition) is 1. The number of carbonyl (C=O) groups is 1. The molecule has 10 heteroatoms. The molecule has 0 fully saturated rings. The quantitative estimate of drug-likeness (QED) is 0.810. The molecule has 2 aromatic rings. The third-order valence-corrected chi connectivity index (χ3v) is 4.53. The first kappa shape index (κ1) is 18.6. The van der Waals surface area contributed by atoms with E-state index in [1.54, 1.807) is 10.6 Å². The first-order chi connectivity index (χ1) is 11.2. The van der Waals surface area contributed by atoms with Gasteiger partial charge in [-0.15, -0.1) is 10.2 Å². The molecule has 0 aliphatic rings. The van der Waals surface area contributed by atoms with E-state index in [9.17, 15) is 18.0 Å². The predicted molar refractivity (Wildman–Crippen MR) is 85.5 cm³/mol. The number of aromatic nitrogens is 3. The van der Waals surface area contributed by atoms with Crippen molar-refractivity contribution >= 4 is 29.3 Å². The number of rotatable bonds is 5. The Kier molecular flexibility index (Phi) is 5.76. The highest BCUT2D eigenvalue weighted by molar-refractivity contribution is 8.00. The lowest BCUT2D eigenvalue weighted by molar-refractivity contribution is -0.137. The van der Waals surface area contributed by atoms with E-state index in [0.717, 1.165) is 17.3 Å². The lowest BCUT2D eigenvalue weighted by Crippen LogP contribution is -2.38. The summed E-state index contributed by atoms with van der Waals surface area (Å²) in [6.07, 6.45) is -3.00. The Bertz CT molecular complexity index is 735. The van der Waals surface area contributed by atoms with Crippen molar-refractivity contribution in [1.82, 2.24) is 20.1 Å². The maximum atomic E-state index is 12.2. The van der Waals surface area contributed by atoms with Crippen LogP contribution >= 0.6 is 23.4 Å². The molecule has 2 rings (SSSR count). The maximum Gasteiger partial charge on any atom is 0.405 e. The Labute approximate surface area is 145 Å². The van der Waals surface area contributed by atoms with Gasteiger partial charge in [0.25, 0.3) is 0 Å². The molecule has 0 bridgehead atoms. The molecule has 0 radical (unpaired) electrons. The van der Waals surface area contributed by atoms with E-state index in [1.165, 1.54) is 13.3 Å². The Morgan fingerprint density at radius 2 is 2.17 bits per heavy atom. The van der Waals surface area contributed by atoms with Gasteiger partial charge in [0, 0.05) is 5.02 Å². The predicted octanol–water partition coefficient (Wildman–Crippen LogP) is 3.39. The first-order valence-corrected chi connectivity index (χ1v) is 8.11. The summed E-state index contributed by atoms with van der Waals surface area (Å²) in [4.78, 5) is 11.8. The van der Waals surface area contributed by atoms with E-state index in [-0.39, 0.29) is 0 Å². The Hall–Kier alpha value is -1.74. The molecule has 1 aromatic carbocycles. The van der Waals surface area contributed by atoms with Crippen molar-refractivity contribution < 1.29 is 18.0 Å².